The number of sulfonamides is 1. The van der Waals surface area contributed by atoms with Crippen LogP contribution in [0.5, 0.6) is 0 Å². The fourth-order valence-electron chi connectivity index (χ4n) is 2.55. The molecule has 1 aromatic rings. The second-order valence-corrected chi connectivity index (χ2v) is 6.98. The molecular weight excluding hydrogens is 294 g/mol. The van der Waals surface area contributed by atoms with Gasteiger partial charge in [0.05, 0.1) is 4.90 Å². The number of carbonyl (C=O) groups is 2. The maximum atomic E-state index is 12.6. The number of aliphatic carboxylic acids is 1. The van der Waals surface area contributed by atoms with Crippen LogP contribution in [0.2, 0.25) is 0 Å². The molecule has 0 aliphatic carbocycles. The first-order chi connectivity index (χ1) is 9.78. The minimum Gasteiger partial charge on any atom is -0.480 e. The van der Waals surface area contributed by atoms with E-state index >= 15 is 0 Å². The lowest BCUT2D eigenvalue weighted by Gasteiger charge is -2.23. The van der Waals surface area contributed by atoms with Crippen molar-refractivity contribution in [1.29, 1.82) is 0 Å². The van der Waals surface area contributed by atoms with Crippen LogP contribution in [-0.4, -0.2) is 35.7 Å². The summed E-state index contributed by atoms with van der Waals surface area (Å²) >= 11 is 0. The Hall–Kier alpha value is -1.89. The summed E-state index contributed by atoms with van der Waals surface area (Å²) in [4.78, 5) is 23.4. The number of amides is 1. The van der Waals surface area contributed by atoms with Crippen molar-refractivity contribution in [3.05, 3.63) is 29.8 Å². The molecule has 1 aliphatic rings. The van der Waals surface area contributed by atoms with Gasteiger partial charge in [-0.05, 0) is 25.0 Å². The molecule has 1 saturated heterocycles. The van der Waals surface area contributed by atoms with Gasteiger partial charge in [0.25, 0.3) is 10.0 Å². The summed E-state index contributed by atoms with van der Waals surface area (Å²) in [6.45, 7) is 3.56. The van der Waals surface area contributed by atoms with Crippen molar-refractivity contribution in [3.8, 4) is 0 Å². The van der Waals surface area contributed by atoms with E-state index < -0.39 is 33.9 Å². The standard InChI is InChI=1S/C14H17NO5S/c1-3-10-8-12(16)15(13(10)14(17)18)21(19,20)11-6-4-9(2)5-7-11/h4-7,10,13H,3,8H2,1-2H3,(H,17,18)/t10-,13-/m0/s1. The summed E-state index contributed by atoms with van der Waals surface area (Å²) in [7, 11) is -4.14. The van der Waals surface area contributed by atoms with E-state index in [0.29, 0.717) is 10.7 Å². The third kappa shape index (κ3) is 2.65. The first-order valence-electron chi connectivity index (χ1n) is 6.65. The lowest BCUT2D eigenvalue weighted by molar-refractivity contribution is -0.144. The summed E-state index contributed by atoms with van der Waals surface area (Å²) in [5.74, 6) is -2.44. The van der Waals surface area contributed by atoms with E-state index in [1.165, 1.54) is 12.1 Å². The van der Waals surface area contributed by atoms with Gasteiger partial charge in [-0.25, -0.2) is 17.5 Å². The van der Waals surface area contributed by atoms with E-state index in [9.17, 15) is 23.1 Å². The van der Waals surface area contributed by atoms with Gasteiger partial charge in [-0.1, -0.05) is 31.0 Å². The van der Waals surface area contributed by atoms with Gasteiger partial charge in [-0.3, -0.25) is 4.79 Å². The molecular formula is C14H17NO5S. The molecule has 1 amide bonds. The average molecular weight is 311 g/mol. The number of carbonyl (C=O) groups excluding carboxylic acids is 1. The maximum absolute atomic E-state index is 12.6. The first-order valence-corrected chi connectivity index (χ1v) is 8.09. The predicted octanol–water partition coefficient (Wildman–Crippen LogP) is 1.40. The number of carboxylic acids is 1. The van der Waals surface area contributed by atoms with Gasteiger partial charge in [0.15, 0.2) is 0 Å². The number of nitrogens with zero attached hydrogens (tertiary/aromatic N) is 1. The van der Waals surface area contributed by atoms with Crippen molar-refractivity contribution in [2.24, 2.45) is 5.92 Å². The van der Waals surface area contributed by atoms with E-state index in [1.54, 1.807) is 19.1 Å². The molecule has 1 N–H and O–H groups in total. The van der Waals surface area contributed by atoms with Gasteiger partial charge >= 0.3 is 5.97 Å². The van der Waals surface area contributed by atoms with Crippen LogP contribution < -0.4 is 0 Å². The summed E-state index contributed by atoms with van der Waals surface area (Å²) in [6, 6.07) is 4.67. The molecule has 1 aliphatic heterocycles. The lowest BCUT2D eigenvalue weighted by Crippen LogP contribution is -2.44. The highest BCUT2D eigenvalue weighted by molar-refractivity contribution is 7.89. The van der Waals surface area contributed by atoms with Crippen LogP contribution in [0, 0.1) is 12.8 Å². The zero-order valence-electron chi connectivity index (χ0n) is 11.8. The smallest absolute Gasteiger partial charge is 0.327 e. The summed E-state index contributed by atoms with van der Waals surface area (Å²) < 4.78 is 25.7. The van der Waals surface area contributed by atoms with Crippen LogP contribution in [0.15, 0.2) is 29.2 Å². The van der Waals surface area contributed by atoms with Gasteiger partial charge in [-0.15, -0.1) is 0 Å². The van der Waals surface area contributed by atoms with Crippen molar-refractivity contribution in [2.45, 2.75) is 37.6 Å². The second kappa shape index (κ2) is 5.48. The Morgan fingerprint density at radius 3 is 2.38 bits per heavy atom. The van der Waals surface area contributed by atoms with Crippen molar-refractivity contribution in [2.75, 3.05) is 0 Å². The molecule has 7 heteroatoms. The van der Waals surface area contributed by atoms with Crippen molar-refractivity contribution < 1.29 is 23.1 Å². The Bertz CT molecular complexity index is 665. The minimum atomic E-state index is -4.14. The topological polar surface area (TPSA) is 91.8 Å². The van der Waals surface area contributed by atoms with Gasteiger partial charge < -0.3 is 5.11 Å². The third-order valence-electron chi connectivity index (χ3n) is 3.74. The molecule has 0 bridgehead atoms. The van der Waals surface area contributed by atoms with Gasteiger partial charge in [0.2, 0.25) is 5.91 Å². The molecule has 21 heavy (non-hydrogen) atoms. The van der Waals surface area contributed by atoms with Crippen molar-refractivity contribution in [3.63, 3.8) is 0 Å². The van der Waals surface area contributed by atoms with Gasteiger partial charge in [0, 0.05) is 6.42 Å². The summed E-state index contributed by atoms with van der Waals surface area (Å²) in [6.07, 6.45) is 0.376. The molecule has 0 aromatic heterocycles. The average Bonchev–Trinajstić information content (AvgIpc) is 2.77. The number of rotatable bonds is 4. The molecule has 6 nitrogen and oxygen atoms in total. The predicted molar refractivity (Wildman–Crippen MR) is 75.0 cm³/mol. The maximum Gasteiger partial charge on any atom is 0.327 e. The summed E-state index contributed by atoms with van der Waals surface area (Å²) in [5.41, 5.74) is 0.878. The van der Waals surface area contributed by atoms with Crippen LogP contribution >= 0.6 is 0 Å². The number of carboxylic acid groups (broad SMARTS) is 1. The second-order valence-electron chi connectivity index (χ2n) is 5.16. The van der Waals surface area contributed by atoms with Crippen molar-refractivity contribution >= 4 is 21.9 Å². The molecule has 0 radical (unpaired) electrons. The Labute approximate surface area is 123 Å². The zero-order valence-corrected chi connectivity index (χ0v) is 12.6. The monoisotopic (exact) mass is 311 g/mol. The molecule has 1 heterocycles. The van der Waals surface area contributed by atoms with E-state index in [4.69, 9.17) is 0 Å². The number of hydrogen-bond donors (Lipinski definition) is 1. The zero-order chi connectivity index (χ0) is 15.8. The highest BCUT2D eigenvalue weighted by Crippen LogP contribution is 2.33. The van der Waals surface area contributed by atoms with Crippen LogP contribution in [0.4, 0.5) is 0 Å². The Balaban J connectivity index is 2.49. The highest BCUT2D eigenvalue weighted by Gasteiger charge is 2.49. The lowest BCUT2D eigenvalue weighted by atomic mass is 9.98. The Kier molecular flexibility index (Phi) is 4.04. The van der Waals surface area contributed by atoms with Crippen LogP contribution in [0.1, 0.15) is 25.3 Å². The first kappa shape index (κ1) is 15.5. The van der Waals surface area contributed by atoms with E-state index in [1.807, 2.05) is 6.92 Å². The SMILES string of the molecule is CC[C@H]1CC(=O)N(S(=O)(=O)c2ccc(C)cc2)[C@@H]1C(=O)O. The van der Waals surface area contributed by atoms with E-state index in [0.717, 1.165) is 5.56 Å². The molecule has 1 fully saturated rings. The van der Waals surface area contributed by atoms with E-state index in [2.05, 4.69) is 0 Å². The van der Waals surface area contributed by atoms with Crippen molar-refractivity contribution in [1.82, 2.24) is 4.31 Å². The Morgan fingerprint density at radius 1 is 1.33 bits per heavy atom. The minimum absolute atomic E-state index is 0.0570. The molecule has 114 valence electrons. The van der Waals surface area contributed by atoms with E-state index in [-0.39, 0.29) is 11.3 Å². The molecule has 0 unspecified atom stereocenters. The molecule has 2 atom stereocenters. The highest BCUT2D eigenvalue weighted by atomic mass is 32.2. The van der Waals surface area contributed by atoms with Crippen LogP contribution in [0.3, 0.4) is 0 Å². The van der Waals surface area contributed by atoms with Gasteiger partial charge in [-0.2, -0.15) is 0 Å². The van der Waals surface area contributed by atoms with Crippen LogP contribution in [0.25, 0.3) is 0 Å². The molecule has 2 rings (SSSR count). The number of hydrogen-bond acceptors (Lipinski definition) is 4. The largest absolute Gasteiger partial charge is 0.480 e. The quantitative estimate of drug-likeness (QED) is 0.907. The fraction of sp³-hybridized carbons (Fsp3) is 0.429. The molecule has 1 aromatic carbocycles. The normalized spacial score (nSPS) is 22.6. The Morgan fingerprint density at radius 2 is 1.90 bits per heavy atom. The molecule has 0 saturated carbocycles. The number of benzene rings is 1. The van der Waals surface area contributed by atoms with Crippen LogP contribution in [-0.2, 0) is 19.6 Å². The molecule has 0 spiro atoms. The summed E-state index contributed by atoms with van der Waals surface area (Å²) in [5, 5.41) is 9.30. The van der Waals surface area contributed by atoms with Gasteiger partial charge in [0.1, 0.15) is 6.04 Å². The third-order valence-corrected chi connectivity index (χ3v) is 5.55. The number of aryl methyl sites for hydroxylation is 1. The fourth-order valence-corrected chi connectivity index (χ4v) is 4.16.